The molecule has 3 fully saturated rings. The summed E-state index contributed by atoms with van der Waals surface area (Å²) in [6.45, 7) is 5.71. The van der Waals surface area contributed by atoms with E-state index < -0.39 is 12.0 Å². The first-order chi connectivity index (χ1) is 12.2. The minimum atomic E-state index is -0.623. The number of ketones is 3. The predicted molar refractivity (Wildman–Crippen MR) is 97.2 cm³/mol. The molecule has 0 aromatic rings. The van der Waals surface area contributed by atoms with Crippen molar-refractivity contribution in [1.29, 1.82) is 0 Å². The first-order valence-corrected chi connectivity index (χ1v) is 9.78. The van der Waals surface area contributed by atoms with Crippen LogP contribution in [0.15, 0.2) is 23.8 Å². The third kappa shape index (κ3) is 2.02. The van der Waals surface area contributed by atoms with Gasteiger partial charge in [0.05, 0.1) is 0 Å². The van der Waals surface area contributed by atoms with E-state index in [-0.39, 0.29) is 40.0 Å². The standard InChI is InChI=1S/C22H28O4/c1-20-8-6-14(24)10-13(20)4-5-15-16-7-9-21(2,18(26)12-23)22(16,3)11-17(25)19(15)20/h6,8,10,15-16,19,23H,4-5,7,9,11-12H2,1-3H3. The van der Waals surface area contributed by atoms with Crippen molar-refractivity contribution in [3.05, 3.63) is 23.8 Å². The highest BCUT2D eigenvalue weighted by Crippen LogP contribution is 2.68. The van der Waals surface area contributed by atoms with Crippen molar-refractivity contribution in [3.8, 4) is 0 Å². The molecular formula is C22H28O4. The third-order valence-corrected chi connectivity index (χ3v) is 8.62. The van der Waals surface area contributed by atoms with Gasteiger partial charge in [-0.15, -0.1) is 0 Å². The summed E-state index contributed by atoms with van der Waals surface area (Å²) in [6, 6.07) is 0. The van der Waals surface area contributed by atoms with Crippen molar-refractivity contribution in [2.75, 3.05) is 6.61 Å². The Balaban J connectivity index is 1.76. The maximum atomic E-state index is 13.4. The van der Waals surface area contributed by atoms with Crippen LogP contribution in [0, 0.1) is 34.0 Å². The highest BCUT2D eigenvalue weighted by molar-refractivity contribution is 6.02. The molecule has 4 rings (SSSR count). The fourth-order valence-electron chi connectivity index (χ4n) is 6.90. The van der Waals surface area contributed by atoms with E-state index in [1.807, 2.05) is 13.0 Å². The Morgan fingerprint density at radius 2 is 1.96 bits per heavy atom. The van der Waals surface area contributed by atoms with Gasteiger partial charge in [-0.3, -0.25) is 14.4 Å². The Bertz CT molecular complexity index is 762. The van der Waals surface area contributed by atoms with Gasteiger partial charge in [-0.2, -0.15) is 0 Å². The Morgan fingerprint density at radius 1 is 1.23 bits per heavy atom. The molecule has 4 aliphatic rings. The number of Topliss-reactive ketones (excluding diaryl/α,β-unsaturated/α-hetero) is 2. The summed E-state index contributed by atoms with van der Waals surface area (Å²) in [5.74, 6) is 0.575. The Kier molecular flexibility index (Phi) is 3.76. The van der Waals surface area contributed by atoms with E-state index in [0.29, 0.717) is 12.3 Å². The van der Waals surface area contributed by atoms with Crippen LogP contribution in [-0.2, 0) is 14.4 Å². The Morgan fingerprint density at radius 3 is 2.65 bits per heavy atom. The van der Waals surface area contributed by atoms with Gasteiger partial charge >= 0.3 is 0 Å². The lowest BCUT2D eigenvalue weighted by Gasteiger charge is -2.57. The minimum Gasteiger partial charge on any atom is -0.389 e. The number of aliphatic hydroxyl groups is 1. The largest absolute Gasteiger partial charge is 0.389 e. The van der Waals surface area contributed by atoms with Crippen LogP contribution in [0.5, 0.6) is 0 Å². The van der Waals surface area contributed by atoms with Crippen LogP contribution < -0.4 is 0 Å². The molecule has 6 atom stereocenters. The van der Waals surface area contributed by atoms with Gasteiger partial charge in [0.25, 0.3) is 0 Å². The van der Waals surface area contributed by atoms with E-state index in [2.05, 4.69) is 13.8 Å². The summed E-state index contributed by atoms with van der Waals surface area (Å²) >= 11 is 0. The van der Waals surface area contributed by atoms with E-state index in [1.54, 1.807) is 12.2 Å². The number of rotatable bonds is 2. The van der Waals surface area contributed by atoms with Gasteiger partial charge in [-0.25, -0.2) is 0 Å². The fourth-order valence-corrected chi connectivity index (χ4v) is 6.90. The van der Waals surface area contributed by atoms with Gasteiger partial charge in [-0.1, -0.05) is 32.4 Å². The number of carbonyl (C=O) groups excluding carboxylic acids is 3. The molecule has 140 valence electrons. The molecule has 0 spiro atoms. The third-order valence-electron chi connectivity index (χ3n) is 8.62. The summed E-state index contributed by atoms with van der Waals surface area (Å²) < 4.78 is 0. The molecule has 0 aliphatic heterocycles. The fraction of sp³-hybridized carbons (Fsp3) is 0.682. The average molecular weight is 356 g/mol. The SMILES string of the molecule is CC12C=CC(=O)C=C1CCC1C2C(=O)CC2(C)C1CCC2(C)C(=O)CO. The molecule has 1 N–H and O–H groups in total. The zero-order chi connectivity index (χ0) is 18.9. The summed E-state index contributed by atoms with van der Waals surface area (Å²) in [6.07, 6.45) is 9.12. The minimum absolute atomic E-state index is 0.0194. The molecule has 0 heterocycles. The van der Waals surface area contributed by atoms with Gasteiger partial charge in [0.2, 0.25) is 0 Å². The average Bonchev–Trinajstić information content (AvgIpc) is 2.86. The zero-order valence-corrected chi connectivity index (χ0v) is 15.9. The molecule has 4 aliphatic carbocycles. The van der Waals surface area contributed by atoms with Crippen LogP contribution >= 0.6 is 0 Å². The first-order valence-electron chi connectivity index (χ1n) is 9.78. The van der Waals surface area contributed by atoms with E-state index in [1.165, 1.54) is 0 Å². The normalized spacial score (nSPS) is 47.1. The summed E-state index contributed by atoms with van der Waals surface area (Å²) in [5.41, 5.74) is -0.274. The maximum absolute atomic E-state index is 13.4. The molecule has 0 aromatic heterocycles. The molecule has 0 amide bonds. The van der Waals surface area contributed by atoms with Crippen LogP contribution in [0.4, 0.5) is 0 Å². The van der Waals surface area contributed by atoms with Gasteiger partial charge < -0.3 is 5.11 Å². The van der Waals surface area contributed by atoms with Crippen molar-refractivity contribution >= 4 is 17.3 Å². The van der Waals surface area contributed by atoms with E-state index in [4.69, 9.17) is 0 Å². The highest BCUT2D eigenvalue weighted by atomic mass is 16.3. The number of allylic oxidation sites excluding steroid dienone is 4. The molecule has 0 aromatic carbocycles. The number of hydrogen-bond donors (Lipinski definition) is 1. The summed E-state index contributed by atoms with van der Waals surface area (Å²) in [4.78, 5) is 37.8. The number of fused-ring (bicyclic) bond motifs is 5. The monoisotopic (exact) mass is 356 g/mol. The topological polar surface area (TPSA) is 71.4 Å². The van der Waals surface area contributed by atoms with Gasteiger partial charge in [-0.05, 0) is 55.1 Å². The van der Waals surface area contributed by atoms with Crippen molar-refractivity contribution in [2.24, 2.45) is 34.0 Å². The second-order valence-electron chi connectivity index (χ2n) is 9.49. The Labute approximate surface area is 154 Å². The van der Waals surface area contributed by atoms with E-state index in [9.17, 15) is 19.5 Å². The second-order valence-corrected chi connectivity index (χ2v) is 9.49. The molecule has 0 radical (unpaired) electrons. The highest BCUT2D eigenvalue weighted by Gasteiger charge is 2.66. The van der Waals surface area contributed by atoms with Crippen LogP contribution in [-0.4, -0.2) is 29.1 Å². The summed E-state index contributed by atoms with van der Waals surface area (Å²) in [5, 5.41) is 9.50. The van der Waals surface area contributed by atoms with Crippen molar-refractivity contribution in [3.63, 3.8) is 0 Å². The quantitative estimate of drug-likeness (QED) is 0.825. The summed E-state index contributed by atoms with van der Waals surface area (Å²) in [7, 11) is 0. The zero-order valence-electron chi connectivity index (χ0n) is 15.9. The van der Waals surface area contributed by atoms with E-state index in [0.717, 1.165) is 31.3 Å². The maximum Gasteiger partial charge on any atom is 0.178 e. The van der Waals surface area contributed by atoms with Crippen LogP contribution in [0.1, 0.15) is 52.9 Å². The van der Waals surface area contributed by atoms with Gasteiger partial charge in [0.15, 0.2) is 11.6 Å². The van der Waals surface area contributed by atoms with Crippen molar-refractivity contribution < 1.29 is 19.5 Å². The van der Waals surface area contributed by atoms with Gasteiger partial charge in [0.1, 0.15) is 12.4 Å². The van der Waals surface area contributed by atoms with E-state index >= 15 is 0 Å². The molecule has 4 nitrogen and oxygen atoms in total. The molecule has 0 bridgehead atoms. The van der Waals surface area contributed by atoms with Crippen LogP contribution in [0.25, 0.3) is 0 Å². The first kappa shape index (κ1) is 17.8. The molecule has 26 heavy (non-hydrogen) atoms. The number of carbonyl (C=O) groups is 3. The molecule has 4 heteroatoms. The molecule has 6 unspecified atom stereocenters. The Hall–Kier alpha value is -1.55. The van der Waals surface area contributed by atoms with Crippen LogP contribution in [0.2, 0.25) is 0 Å². The van der Waals surface area contributed by atoms with Crippen molar-refractivity contribution in [1.82, 2.24) is 0 Å². The predicted octanol–water partition coefficient (Wildman–Crippen LogP) is 3.04. The number of aliphatic hydroxyl groups excluding tert-OH is 1. The van der Waals surface area contributed by atoms with Gasteiger partial charge in [0, 0.05) is 23.2 Å². The van der Waals surface area contributed by atoms with Crippen LogP contribution in [0.3, 0.4) is 0 Å². The number of hydrogen-bond acceptors (Lipinski definition) is 4. The second kappa shape index (κ2) is 5.48. The molecular weight excluding hydrogens is 328 g/mol. The lowest BCUT2D eigenvalue weighted by atomic mass is 9.45. The smallest absolute Gasteiger partial charge is 0.178 e. The lowest BCUT2D eigenvalue weighted by molar-refractivity contribution is -0.153. The van der Waals surface area contributed by atoms with Crippen molar-refractivity contribution in [2.45, 2.75) is 52.9 Å². The molecule has 0 saturated heterocycles. The molecule has 3 saturated carbocycles. The lowest BCUT2D eigenvalue weighted by Crippen LogP contribution is -2.57.